The minimum Gasteiger partial charge on any atom is -0.484 e. The zero-order valence-corrected chi connectivity index (χ0v) is 15.4. The third-order valence-corrected chi connectivity index (χ3v) is 4.70. The average molecular weight is 358 g/mol. The van der Waals surface area contributed by atoms with Crippen molar-refractivity contribution in [3.8, 4) is 5.75 Å². The molecule has 0 aliphatic carbocycles. The number of morpholine rings is 1. The largest absolute Gasteiger partial charge is 0.484 e. The summed E-state index contributed by atoms with van der Waals surface area (Å²) in [4.78, 5) is 16.1. The molecule has 6 nitrogen and oxygen atoms in total. The van der Waals surface area contributed by atoms with Gasteiger partial charge in [-0.2, -0.15) is 0 Å². The Hall–Kier alpha value is -2.31. The summed E-state index contributed by atoms with van der Waals surface area (Å²) < 4.78 is 16.4. The lowest BCUT2D eigenvalue weighted by Gasteiger charge is -2.26. The smallest absolute Gasteiger partial charge is 0.260 e. The highest BCUT2D eigenvalue weighted by atomic mass is 16.5. The first-order valence-corrected chi connectivity index (χ1v) is 8.94. The van der Waals surface area contributed by atoms with Gasteiger partial charge in [-0.15, -0.1) is 0 Å². The molecule has 6 heteroatoms. The van der Waals surface area contributed by atoms with Crippen LogP contribution in [0.4, 0.5) is 0 Å². The number of carbonyl (C=O) groups is 1. The van der Waals surface area contributed by atoms with E-state index in [4.69, 9.17) is 13.9 Å². The monoisotopic (exact) mass is 358 g/mol. The van der Waals surface area contributed by atoms with Crippen LogP contribution in [0.2, 0.25) is 0 Å². The predicted octanol–water partition coefficient (Wildman–Crippen LogP) is 2.71. The maximum atomic E-state index is 12.1. The summed E-state index contributed by atoms with van der Waals surface area (Å²) in [6.45, 7) is 5.47. The molecule has 1 aliphatic heterocycles. The van der Waals surface area contributed by atoms with E-state index in [-0.39, 0.29) is 18.6 Å². The van der Waals surface area contributed by atoms with E-state index in [9.17, 15) is 4.79 Å². The van der Waals surface area contributed by atoms with Crippen LogP contribution in [0.5, 0.6) is 5.75 Å². The molecule has 0 radical (unpaired) electrons. The second-order valence-corrected chi connectivity index (χ2v) is 6.53. The van der Waals surface area contributed by atoms with Crippen molar-refractivity contribution >= 4 is 5.91 Å². The average Bonchev–Trinajstić information content (AvgIpc) is 3.22. The SMILES string of the molecule is C[C@@H](c1ccco1)N(C)Cc1ccc(OCC(=O)N2CCOCC2)cc1. The summed E-state index contributed by atoms with van der Waals surface area (Å²) in [6.07, 6.45) is 1.70. The Morgan fingerprint density at radius 3 is 2.62 bits per heavy atom. The topological polar surface area (TPSA) is 55.2 Å². The molecule has 1 amide bonds. The summed E-state index contributed by atoms with van der Waals surface area (Å²) >= 11 is 0. The minimum absolute atomic E-state index is 0.00406. The molecule has 0 N–H and O–H groups in total. The lowest BCUT2D eigenvalue weighted by atomic mass is 10.1. The van der Waals surface area contributed by atoms with Gasteiger partial charge in [0.1, 0.15) is 11.5 Å². The summed E-state index contributed by atoms with van der Waals surface area (Å²) in [7, 11) is 2.07. The fraction of sp³-hybridized carbons (Fsp3) is 0.450. The molecule has 1 fully saturated rings. The molecule has 26 heavy (non-hydrogen) atoms. The van der Waals surface area contributed by atoms with Crippen molar-refractivity contribution in [2.75, 3.05) is 40.0 Å². The fourth-order valence-corrected chi connectivity index (χ4v) is 2.91. The molecular formula is C20H26N2O4. The molecule has 140 valence electrons. The molecule has 0 bridgehead atoms. The van der Waals surface area contributed by atoms with Crippen LogP contribution in [0.1, 0.15) is 24.3 Å². The quantitative estimate of drug-likeness (QED) is 0.762. The molecule has 1 aromatic carbocycles. The second-order valence-electron chi connectivity index (χ2n) is 6.53. The van der Waals surface area contributed by atoms with Crippen molar-refractivity contribution in [1.29, 1.82) is 0 Å². The zero-order chi connectivity index (χ0) is 18.4. The van der Waals surface area contributed by atoms with Gasteiger partial charge >= 0.3 is 0 Å². The number of hydrogen-bond acceptors (Lipinski definition) is 5. The maximum absolute atomic E-state index is 12.1. The van der Waals surface area contributed by atoms with Crippen LogP contribution in [-0.2, 0) is 16.1 Å². The van der Waals surface area contributed by atoms with E-state index >= 15 is 0 Å². The van der Waals surface area contributed by atoms with Gasteiger partial charge in [0.25, 0.3) is 5.91 Å². The first-order valence-electron chi connectivity index (χ1n) is 8.94. The molecule has 1 aliphatic rings. The van der Waals surface area contributed by atoms with Crippen LogP contribution < -0.4 is 4.74 Å². The van der Waals surface area contributed by atoms with E-state index in [1.807, 2.05) is 36.4 Å². The van der Waals surface area contributed by atoms with Gasteiger partial charge in [0.05, 0.1) is 25.5 Å². The van der Waals surface area contributed by atoms with E-state index in [0.29, 0.717) is 32.1 Å². The van der Waals surface area contributed by atoms with Crippen LogP contribution in [-0.4, -0.2) is 55.7 Å². The Balaban J connectivity index is 1.47. The van der Waals surface area contributed by atoms with Gasteiger partial charge < -0.3 is 18.8 Å². The Labute approximate surface area is 154 Å². The van der Waals surface area contributed by atoms with E-state index in [1.165, 1.54) is 5.56 Å². The maximum Gasteiger partial charge on any atom is 0.260 e. The molecular weight excluding hydrogens is 332 g/mol. The molecule has 1 saturated heterocycles. The number of furan rings is 1. The highest BCUT2D eigenvalue weighted by molar-refractivity contribution is 5.77. The van der Waals surface area contributed by atoms with Crippen molar-refractivity contribution in [2.45, 2.75) is 19.5 Å². The fourth-order valence-electron chi connectivity index (χ4n) is 2.91. The molecule has 0 spiro atoms. The summed E-state index contributed by atoms with van der Waals surface area (Å²) in [5.41, 5.74) is 1.18. The molecule has 1 aromatic heterocycles. The first-order chi connectivity index (χ1) is 12.6. The second kappa shape index (κ2) is 8.87. The van der Waals surface area contributed by atoms with E-state index in [0.717, 1.165) is 12.3 Å². The Kier molecular flexibility index (Phi) is 6.30. The van der Waals surface area contributed by atoms with Crippen molar-refractivity contribution in [1.82, 2.24) is 9.80 Å². The third-order valence-electron chi connectivity index (χ3n) is 4.70. The van der Waals surface area contributed by atoms with Crippen molar-refractivity contribution in [3.05, 3.63) is 54.0 Å². The van der Waals surface area contributed by atoms with E-state index < -0.39 is 0 Å². The zero-order valence-electron chi connectivity index (χ0n) is 15.4. The number of ether oxygens (including phenoxy) is 2. The summed E-state index contributed by atoms with van der Waals surface area (Å²) in [5.74, 6) is 1.66. The van der Waals surface area contributed by atoms with Gasteiger partial charge in [-0.25, -0.2) is 0 Å². The standard InChI is InChI=1S/C20H26N2O4/c1-16(19-4-3-11-25-19)21(2)14-17-5-7-18(8-6-17)26-15-20(23)22-9-12-24-13-10-22/h3-8,11,16H,9-10,12-15H2,1-2H3/t16-/m0/s1. The van der Waals surface area contributed by atoms with E-state index in [1.54, 1.807) is 11.2 Å². The van der Waals surface area contributed by atoms with Crippen LogP contribution in [0.15, 0.2) is 47.1 Å². The van der Waals surface area contributed by atoms with Crippen molar-refractivity contribution in [3.63, 3.8) is 0 Å². The molecule has 0 unspecified atom stereocenters. The Bertz CT molecular complexity index is 678. The Morgan fingerprint density at radius 2 is 1.96 bits per heavy atom. The lowest BCUT2D eigenvalue weighted by Crippen LogP contribution is -2.42. The van der Waals surface area contributed by atoms with Gasteiger partial charge in [-0.1, -0.05) is 12.1 Å². The summed E-state index contributed by atoms with van der Waals surface area (Å²) in [5, 5.41) is 0. The normalized spacial score (nSPS) is 15.9. The number of hydrogen-bond donors (Lipinski definition) is 0. The molecule has 2 heterocycles. The molecule has 0 saturated carbocycles. The van der Waals surface area contributed by atoms with Gasteiger partial charge in [-0.05, 0) is 43.8 Å². The van der Waals surface area contributed by atoms with Gasteiger partial charge in [-0.3, -0.25) is 9.69 Å². The number of benzene rings is 1. The van der Waals surface area contributed by atoms with Gasteiger partial charge in [0, 0.05) is 19.6 Å². The van der Waals surface area contributed by atoms with Crippen LogP contribution >= 0.6 is 0 Å². The number of rotatable bonds is 7. The van der Waals surface area contributed by atoms with Crippen LogP contribution in [0.3, 0.4) is 0 Å². The van der Waals surface area contributed by atoms with Gasteiger partial charge in [0.15, 0.2) is 6.61 Å². The number of carbonyl (C=O) groups excluding carboxylic acids is 1. The highest BCUT2D eigenvalue weighted by Crippen LogP contribution is 2.22. The van der Waals surface area contributed by atoms with E-state index in [2.05, 4.69) is 18.9 Å². The highest BCUT2D eigenvalue weighted by Gasteiger charge is 2.17. The molecule has 1 atom stereocenters. The third kappa shape index (κ3) is 4.86. The first kappa shape index (κ1) is 18.5. The number of amides is 1. The number of nitrogens with zero attached hydrogens (tertiary/aromatic N) is 2. The van der Waals surface area contributed by atoms with Gasteiger partial charge in [0.2, 0.25) is 0 Å². The minimum atomic E-state index is 0.00406. The molecule has 3 rings (SSSR count). The Morgan fingerprint density at radius 1 is 1.23 bits per heavy atom. The lowest BCUT2D eigenvalue weighted by molar-refractivity contribution is -0.137. The van der Waals surface area contributed by atoms with Crippen LogP contribution in [0.25, 0.3) is 0 Å². The van der Waals surface area contributed by atoms with Crippen molar-refractivity contribution in [2.24, 2.45) is 0 Å². The molecule has 2 aromatic rings. The predicted molar refractivity (Wildman–Crippen MR) is 97.9 cm³/mol. The van der Waals surface area contributed by atoms with Crippen molar-refractivity contribution < 1.29 is 18.7 Å². The summed E-state index contributed by atoms with van der Waals surface area (Å²) in [6, 6.07) is 12.0. The van der Waals surface area contributed by atoms with Crippen LogP contribution in [0, 0.1) is 0 Å².